The smallest absolute Gasteiger partial charge is 0.404 e. The Morgan fingerprint density at radius 1 is 1.05 bits per heavy atom. The molecule has 43 heavy (non-hydrogen) atoms. The first kappa shape index (κ1) is 30.7. The van der Waals surface area contributed by atoms with Crippen LogP contribution in [0.25, 0.3) is 0 Å². The van der Waals surface area contributed by atoms with E-state index < -0.39 is 18.3 Å². The van der Waals surface area contributed by atoms with Crippen LogP contribution in [0.2, 0.25) is 0 Å². The zero-order chi connectivity index (χ0) is 30.7. The summed E-state index contributed by atoms with van der Waals surface area (Å²) in [4.78, 5) is 11.8. The highest BCUT2D eigenvalue weighted by Crippen LogP contribution is 2.89. The Hall–Kier alpha value is -0.930. The van der Waals surface area contributed by atoms with Crippen molar-refractivity contribution in [1.82, 2.24) is 5.32 Å². The maximum absolute atomic E-state index is 12.5. The second-order valence-corrected chi connectivity index (χ2v) is 17.3. The molecule has 7 rings (SSSR count). The second-order valence-electron chi connectivity index (χ2n) is 17.3. The maximum Gasteiger partial charge on any atom is 0.404 e. The third-order valence-electron chi connectivity index (χ3n) is 15.3. The molecular weight excluding hydrogens is 544 g/mol. The molecule has 0 aromatic heterocycles. The monoisotopic (exact) mass is 602 g/mol. The Morgan fingerprint density at radius 2 is 1.77 bits per heavy atom. The Bertz CT molecular complexity index is 1110. The van der Waals surface area contributed by atoms with Crippen LogP contribution in [0.5, 0.6) is 0 Å². The van der Waals surface area contributed by atoms with Gasteiger partial charge < -0.3 is 35.1 Å². The van der Waals surface area contributed by atoms with E-state index in [4.69, 9.17) is 24.7 Å². The minimum atomic E-state index is -0.750. The van der Waals surface area contributed by atoms with Crippen LogP contribution in [-0.4, -0.2) is 67.7 Å². The molecule has 2 saturated heterocycles. The van der Waals surface area contributed by atoms with Gasteiger partial charge in [0.15, 0.2) is 6.29 Å². The van der Waals surface area contributed by atoms with Gasteiger partial charge in [0.1, 0.15) is 6.10 Å². The largest absolute Gasteiger partial charge is 0.443 e. The minimum Gasteiger partial charge on any atom is -0.443 e. The Morgan fingerprint density at radius 3 is 2.44 bits per heavy atom. The normalized spacial score (nSPS) is 53.9. The lowest BCUT2D eigenvalue weighted by Gasteiger charge is -2.63. The van der Waals surface area contributed by atoms with Crippen LogP contribution >= 0.6 is 0 Å². The SMILES string of the molecule is CC(C)[C@@H](OC(N)=O)C1C[C@@H](C)[C@H]2C(O1)[C@H](O)[C@@]1(C)[C@@H]3CC[C@H]4C(C)(C)[C@@H](O[C@H]5CNCCO5)CC[C@@]45CC35CC[C@]21C. The Balaban J connectivity index is 1.16. The predicted octanol–water partition coefficient (Wildman–Crippen LogP) is 5.25. The summed E-state index contributed by atoms with van der Waals surface area (Å²) in [6.45, 7) is 18.7. The van der Waals surface area contributed by atoms with Gasteiger partial charge in [-0.2, -0.15) is 0 Å². The number of aliphatic hydroxyl groups excluding tert-OH is 1. The molecule has 8 heteroatoms. The van der Waals surface area contributed by atoms with Crippen LogP contribution in [0.15, 0.2) is 0 Å². The topological polar surface area (TPSA) is 112 Å². The van der Waals surface area contributed by atoms with E-state index in [9.17, 15) is 9.90 Å². The molecule has 8 nitrogen and oxygen atoms in total. The second kappa shape index (κ2) is 10.0. The Kier molecular flexibility index (Phi) is 7.17. The summed E-state index contributed by atoms with van der Waals surface area (Å²) >= 11 is 0. The molecule has 0 aromatic carbocycles. The van der Waals surface area contributed by atoms with Gasteiger partial charge in [-0.15, -0.1) is 0 Å². The van der Waals surface area contributed by atoms with Crippen LogP contribution in [0.4, 0.5) is 4.79 Å². The highest BCUT2D eigenvalue weighted by atomic mass is 16.7. The third-order valence-corrected chi connectivity index (χ3v) is 15.3. The summed E-state index contributed by atoms with van der Waals surface area (Å²) in [6, 6.07) is 0. The number of rotatable bonds is 5. The molecule has 2 spiro atoms. The summed E-state index contributed by atoms with van der Waals surface area (Å²) in [5, 5.41) is 15.9. The van der Waals surface area contributed by atoms with Gasteiger partial charge in [-0.1, -0.05) is 48.5 Å². The van der Waals surface area contributed by atoms with E-state index in [1.54, 1.807) is 0 Å². The summed E-state index contributed by atoms with van der Waals surface area (Å²) in [6.07, 6.45) is 7.15. The van der Waals surface area contributed by atoms with Crippen LogP contribution in [0.1, 0.15) is 99.8 Å². The molecular formula is C35H58N2O6. The molecule has 5 saturated carbocycles. The van der Waals surface area contributed by atoms with Crippen molar-refractivity contribution in [2.75, 3.05) is 19.7 Å². The van der Waals surface area contributed by atoms with Crippen LogP contribution in [0, 0.1) is 56.7 Å². The van der Waals surface area contributed by atoms with Crippen LogP contribution in [-0.2, 0) is 18.9 Å². The number of fused-ring (bicyclic) bond motifs is 4. The first-order chi connectivity index (χ1) is 20.2. The molecule has 0 radical (unpaired) electrons. The van der Waals surface area contributed by atoms with Crippen molar-refractivity contribution in [2.24, 2.45) is 62.4 Å². The van der Waals surface area contributed by atoms with Crippen molar-refractivity contribution >= 4 is 6.09 Å². The van der Waals surface area contributed by atoms with Crippen molar-refractivity contribution < 1.29 is 28.8 Å². The molecule has 0 aromatic rings. The number of primary amides is 1. The highest BCUT2D eigenvalue weighted by Gasteiger charge is 2.84. The molecule has 7 fully saturated rings. The maximum atomic E-state index is 12.5. The number of hydrogen-bond acceptors (Lipinski definition) is 7. The number of hydrogen-bond donors (Lipinski definition) is 3. The van der Waals surface area contributed by atoms with E-state index in [0.717, 1.165) is 39.0 Å². The van der Waals surface area contributed by atoms with Gasteiger partial charge in [0.05, 0.1) is 31.0 Å². The zero-order valence-corrected chi connectivity index (χ0v) is 27.7. The fourth-order valence-corrected chi connectivity index (χ4v) is 13.4. The van der Waals surface area contributed by atoms with E-state index in [2.05, 4.69) is 53.8 Å². The molecule has 3 unspecified atom stereocenters. The number of aliphatic hydroxyl groups is 1. The van der Waals surface area contributed by atoms with Gasteiger partial charge >= 0.3 is 6.09 Å². The fourth-order valence-electron chi connectivity index (χ4n) is 13.4. The van der Waals surface area contributed by atoms with E-state index in [0.29, 0.717) is 34.5 Å². The summed E-state index contributed by atoms with van der Waals surface area (Å²) in [5.74, 6) is 1.87. The van der Waals surface area contributed by atoms with Gasteiger partial charge in [-0.05, 0) is 103 Å². The lowest BCUT2D eigenvalue weighted by molar-refractivity contribution is -0.237. The molecule has 2 aliphatic heterocycles. The van der Waals surface area contributed by atoms with Crippen molar-refractivity contribution in [3.05, 3.63) is 0 Å². The molecule has 7 aliphatic rings. The number of carbonyl (C=O) groups excluding carboxylic acids is 1. The van der Waals surface area contributed by atoms with Crippen molar-refractivity contribution in [2.45, 2.75) is 137 Å². The van der Waals surface area contributed by atoms with Gasteiger partial charge in [-0.25, -0.2) is 4.79 Å². The first-order valence-electron chi connectivity index (χ1n) is 17.5. The number of nitrogens with one attached hydrogen (secondary N) is 1. The lowest BCUT2D eigenvalue weighted by atomic mass is 9.41. The lowest BCUT2D eigenvalue weighted by Crippen LogP contribution is -2.60. The van der Waals surface area contributed by atoms with Gasteiger partial charge in [0.25, 0.3) is 0 Å². The van der Waals surface area contributed by atoms with Gasteiger partial charge in [-0.3, -0.25) is 0 Å². The quantitative estimate of drug-likeness (QED) is 0.394. The van der Waals surface area contributed by atoms with E-state index >= 15 is 0 Å². The fraction of sp³-hybridized carbons (Fsp3) is 0.971. The molecule has 14 atom stereocenters. The van der Waals surface area contributed by atoms with E-state index in [1.165, 1.54) is 32.1 Å². The molecule has 5 aliphatic carbocycles. The summed E-state index contributed by atoms with van der Waals surface area (Å²) in [7, 11) is 0. The zero-order valence-electron chi connectivity index (χ0n) is 27.7. The van der Waals surface area contributed by atoms with Gasteiger partial charge in [0.2, 0.25) is 0 Å². The Labute approximate surface area is 258 Å². The number of carbonyl (C=O) groups is 1. The van der Waals surface area contributed by atoms with Crippen LogP contribution < -0.4 is 11.1 Å². The number of nitrogens with two attached hydrogens (primary N) is 1. The van der Waals surface area contributed by atoms with Crippen molar-refractivity contribution in [1.29, 1.82) is 0 Å². The molecule has 2 heterocycles. The average molecular weight is 603 g/mol. The van der Waals surface area contributed by atoms with E-state index in [1.807, 2.05) is 0 Å². The van der Waals surface area contributed by atoms with E-state index in [-0.39, 0.29) is 46.8 Å². The highest BCUT2D eigenvalue weighted by molar-refractivity contribution is 5.64. The number of ether oxygens (including phenoxy) is 4. The summed E-state index contributed by atoms with van der Waals surface area (Å²) < 4.78 is 25.1. The molecule has 4 N–H and O–H groups in total. The van der Waals surface area contributed by atoms with Crippen molar-refractivity contribution in [3.63, 3.8) is 0 Å². The minimum absolute atomic E-state index is 0.00697. The van der Waals surface area contributed by atoms with Crippen molar-refractivity contribution in [3.8, 4) is 0 Å². The van der Waals surface area contributed by atoms with Gasteiger partial charge in [0, 0.05) is 18.5 Å². The standard InChI is InChI=1S/C35H58N2O6/c1-19(2)27(43-30(36)39)21-16-20(3)26-28(41-21)29(38)33(7)23-9-8-22-31(4,5)24(42-25-17-37-14-15-40-25)10-11-34(22)18-35(23,34)13-12-32(26,33)6/h19-29,37-38H,8-18H2,1-7H3,(H2,36,39)/t20-,21?,22+,23+,24+,25+,26+,27-,28?,29+,32-,33-,34-,35?/m1/s1. The van der Waals surface area contributed by atoms with Crippen LogP contribution in [0.3, 0.4) is 0 Å². The number of amides is 1. The summed E-state index contributed by atoms with van der Waals surface area (Å²) in [5.41, 5.74) is 6.03. The molecule has 1 amide bonds. The predicted molar refractivity (Wildman–Crippen MR) is 163 cm³/mol. The molecule has 244 valence electrons. The third kappa shape index (κ3) is 4.01. The number of morpholine rings is 1. The average Bonchev–Trinajstić information content (AvgIpc) is 3.58. The molecule has 0 bridgehead atoms. The first-order valence-corrected chi connectivity index (χ1v) is 17.5.